The maximum Gasteiger partial charge on any atom is 0.305 e. The fraction of sp³-hybridized carbons (Fsp3) is 0.286. The van der Waals surface area contributed by atoms with Gasteiger partial charge in [0.15, 0.2) is 0 Å². The van der Waals surface area contributed by atoms with Gasteiger partial charge in [0.25, 0.3) is 0 Å². The largest absolute Gasteiger partial charge is 0.481 e. The van der Waals surface area contributed by atoms with Crippen molar-refractivity contribution < 1.29 is 9.90 Å². The highest BCUT2D eigenvalue weighted by Crippen LogP contribution is 2.25. The summed E-state index contributed by atoms with van der Waals surface area (Å²) in [5.74, 6) is -0.814. The maximum atomic E-state index is 10.8. The van der Waals surface area contributed by atoms with Crippen LogP contribution in [-0.2, 0) is 4.79 Å². The summed E-state index contributed by atoms with van der Waals surface area (Å²) in [5.41, 5.74) is 1.30. The highest BCUT2D eigenvalue weighted by molar-refractivity contribution is 5.91. The minimum absolute atomic E-state index is 0.0592. The van der Waals surface area contributed by atoms with Crippen LogP contribution in [0.4, 0.5) is 5.69 Å². The van der Waals surface area contributed by atoms with Crippen LogP contribution in [0, 0.1) is 0 Å². The summed E-state index contributed by atoms with van der Waals surface area (Å²) >= 11 is 0. The molecule has 0 spiro atoms. The van der Waals surface area contributed by atoms with Crippen LogP contribution in [0.1, 0.15) is 20.3 Å². The molecular weight excluding hydrogens is 228 g/mol. The van der Waals surface area contributed by atoms with Crippen LogP contribution in [0.15, 0.2) is 36.5 Å². The van der Waals surface area contributed by atoms with E-state index in [-0.39, 0.29) is 6.42 Å². The van der Waals surface area contributed by atoms with E-state index in [1.54, 1.807) is 6.20 Å². The lowest BCUT2D eigenvalue weighted by Crippen LogP contribution is -2.33. The number of aromatic nitrogens is 1. The Bertz CT molecular complexity index is 574. The minimum atomic E-state index is -0.814. The Hall–Kier alpha value is -2.10. The van der Waals surface area contributed by atoms with Gasteiger partial charge in [0, 0.05) is 22.8 Å². The molecule has 0 saturated carbocycles. The van der Waals surface area contributed by atoms with Crippen LogP contribution in [0.2, 0.25) is 0 Å². The van der Waals surface area contributed by atoms with E-state index in [1.807, 2.05) is 44.2 Å². The first-order chi connectivity index (χ1) is 8.48. The van der Waals surface area contributed by atoms with Gasteiger partial charge in [0.05, 0.1) is 11.9 Å². The highest BCUT2D eigenvalue weighted by Gasteiger charge is 2.22. The lowest BCUT2D eigenvalue weighted by atomic mass is 10.00. The van der Waals surface area contributed by atoms with E-state index in [9.17, 15) is 4.79 Å². The van der Waals surface area contributed by atoms with Crippen molar-refractivity contribution in [1.82, 2.24) is 4.98 Å². The molecule has 0 amide bonds. The van der Waals surface area contributed by atoms with Gasteiger partial charge < -0.3 is 10.4 Å². The van der Waals surface area contributed by atoms with Crippen molar-refractivity contribution in [3.8, 4) is 0 Å². The topological polar surface area (TPSA) is 62.2 Å². The van der Waals surface area contributed by atoms with Crippen molar-refractivity contribution in [2.75, 3.05) is 5.32 Å². The molecule has 94 valence electrons. The maximum absolute atomic E-state index is 10.8. The van der Waals surface area contributed by atoms with Gasteiger partial charge in [0.1, 0.15) is 0 Å². The summed E-state index contributed by atoms with van der Waals surface area (Å²) in [5, 5.41) is 13.2. The molecule has 0 saturated heterocycles. The van der Waals surface area contributed by atoms with Gasteiger partial charge in [-0.2, -0.15) is 0 Å². The van der Waals surface area contributed by atoms with Crippen LogP contribution in [0.3, 0.4) is 0 Å². The minimum Gasteiger partial charge on any atom is -0.481 e. The number of fused-ring (bicyclic) bond motifs is 1. The molecule has 2 rings (SSSR count). The summed E-state index contributed by atoms with van der Waals surface area (Å²) in [4.78, 5) is 15.1. The Labute approximate surface area is 106 Å². The second-order valence-electron chi connectivity index (χ2n) is 4.96. The van der Waals surface area contributed by atoms with Crippen molar-refractivity contribution in [2.45, 2.75) is 25.8 Å². The van der Waals surface area contributed by atoms with Crippen LogP contribution < -0.4 is 5.32 Å². The Balaban J connectivity index is 2.34. The molecule has 1 aromatic carbocycles. The number of rotatable bonds is 4. The third kappa shape index (κ3) is 2.77. The predicted molar refractivity (Wildman–Crippen MR) is 71.7 cm³/mol. The van der Waals surface area contributed by atoms with Gasteiger partial charge in [-0.15, -0.1) is 0 Å². The summed E-state index contributed by atoms with van der Waals surface area (Å²) in [6.45, 7) is 3.74. The first-order valence-corrected chi connectivity index (χ1v) is 5.82. The standard InChI is InChI=1S/C14H16N2O2/c1-14(2,9-13(17)18)16-12-7-8-15-11-6-4-3-5-10(11)12/h3-8H,9H2,1-2H3,(H,15,16)(H,17,18). The van der Waals surface area contributed by atoms with E-state index < -0.39 is 11.5 Å². The molecule has 4 nitrogen and oxygen atoms in total. The summed E-state index contributed by atoms with van der Waals surface area (Å²) < 4.78 is 0. The third-order valence-electron chi connectivity index (χ3n) is 2.72. The fourth-order valence-electron chi connectivity index (χ4n) is 1.99. The van der Waals surface area contributed by atoms with Gasteiger partial charge in [-0.05, 0) is 26.0 Å². The number of nitrogens with one attached hydrogen (secondary N) is 1. The lowest BCUT2D eigenvalue weighted by molar-refractivity contribution is -0.137. The number of benzene rings is 1. The third-order valence-corrected chi connectivity index (χ3v) is 2.72. The number of anilines is 1. The van der Waals surface area contributed by atoms with Gasteiger partial charge in [-0.3, -0.25) is 9.78 Å². The molecule has 18 heavy (non-hydrogen) atoms. The summed E-state index contributed by atoms with van der Waals surface area (Å²) in [6.07, 6.45) is 1.78. The van der Waals surface area contributed by atoms with Crippen LogP contribution >= 0.6 is 0 Å². The Morgan fingerprint density at radius 1 is 1.33 bits per heavy atom. The SMILES string of the molecule is CC(C)(CC(=O)O)Nc1ccnc2ccccc12. The van der Waals surface area contributed by atoms with E-state index in [2.05, 4.69) is 10.3 Å². The van der Waals surface area contributed by atoms with E-state index in [4.69, 9.17) is 5.11 Å². The van der Waals surface area contributed by atoms with Crippen molar-refractivity contribution >= 4 is 22.6 Å². The Morgan fingerprint density at radius 3 is 2.78 bits per heavy atom. The zero-order chi connectivity index (χ0) is 13.2. The van der Waals surface area contributed by atoms with E-state index in [0.717, 1.165) is 16.6 Å². The Morgan fingerprint density at radius 2 is 2.06 bits per heavy atom. The highest BCUT2D eigenvalue weighted by atomic mass is 16.4. The summed E-state index contributed by atoms with van der Waals surface area (Å²) in [6, 6.07) is 9.65. The van der Waals surface area contributed by atoms with Crippen LogP contribution in [-0.4, -0.2) is 21.6 Å². The molecule has 2 aromatic rings. The van der Waals surface area contributed by atoms with Gasteiger partial charge in [-0.25, -0.2) is 0 Å². The van der Waals surface area contributed by atoms with Crippen LogP contribution in [0.25, 0.3) is 10.9 Å². The first-order valence-electron chi connectivity index (χ1n) is 5.82. The number of hydrogen-bond donors (Lipinski definition) is 2. The number of carboxylic acid groups (broad SMARTS) is 1. The molecule has 1 heterocycles. The van der Waals surface area contributed by atoms with E-state index in [1.165, 1.54) is 0 Å². The van der Waals surface area contributed by atoms with Crippen LogP contribution in [0.5, 0.6) is 0 Å². The van der Waals surface area contributed by atoms with Crippen molar-refractivity contribution in [3.63, 3.8) is 0 Å². The molecule has 1 aromatic heterocycles. The molecule has 0 aliphatic carbocycles. The predicted octanol–water partition coefficient (Wildman–Crippen LogP) is 2.90. The monoisotopic (exact) mass is 244 g/mol. The fourth-order valence-corrected chi connectivity index (χ4v) is 1.99. The number of aliphatic carboxylic acids is 1. The van der Waals surface area contributed by atoms with E-state index >= 15 is 0 Å². The molecule has 0 atom stereocenters. The van der Waals surface area contributed by atoms with Gasteiger partial charge >= 0.3 is 5.97 Å². The molecular formula is C14H16N2O2. The normalized spacial score (nSPS) is 11.4. The number of para-hydroxylation sites is 1. The Kier molecular flexibility index (Phi) is 3.19. The number of nitrogens with zero attached hydrogens (tertiary/aromatic N) is 1. The summed E-state index contributed by atoms with van der Waals surface area (Å²) in [7, 11) is 0. The number of pyridine rings is 1. The number of hydrogen-bond acceptors (Lipinski definition) is 3. The molecule has 0 aliphatic heterocycles. The second-order valence-corrected chi connectivity index (χ2v) is 4.96. The van der Waals surface area contributed by atoms with Crippen molar-refractivity contribution in [3.05, 3.63) is 36.5 Å². The lowest BCUT2D eigenvalue weighted by Gasteiger charge is -2.26. The number of carbonyl (C=O) groups is 1. The van der Waals surface area contributed by atoms with Gasteiger partial charge in [0.2, 0.25) is 0 Å². The average Bonchev–Trinajstić information content (AvgIpc) is 2.27. The first kappa shape index (κ1) is 12.4. The molecule has 0 fully saturated rings. The molecule has 4 heteroatoms. The van der Waals surface area contributed by atoms with Gasteiger partial charge in [-0.1, -0.05) is 18.2 Å². The zero-order valence-corrected chi connectivity index (χ0v) is 10.5. The van der Waals surface area contributed by atoms with Crippen molar-refractivity contribution in [2.24, 2.45) is 0 Å². The van der Waals surface area contributed by atoms with E-state index in [0.29, 0.717) is 0 Å². The smallest absolute Gasteiger partial charge is 0.305 e. The second kappa shape index (κ2) is 4.64. The molecule has 0 unspecified atom stereocenters. The molecule has 0 radical (unpaired) electrons. The molecule has 2 N–H and O–H groups in total. The average molecular weight is 244 g/mol. The molecule has 0 aliphatic rings. The molecule has 0 bridgehead atoms. The number of carboxylic acids is 1. The zero-order valence-electron chi connectivity index (χ0n) is 10.5. The van der Waals surface area contributed by atoms with Crippen molar-refractivity contribution in [1.29, 1.82) is 0 Å². The quantitative estimate of drug-likeness (QED) is 0.868.